The van der Waals surface area contributed by atoms with Gasteiger partial charge in [-0.2, -0.15) is 0 Å². The molecule has 1 aromatic rings. The molecule has 0 saturated carbocycles. The molecule has 2 atom stereocenters. The van der Waals surface area contributed by atoms with Gasteiger partial charge in [-0.05, 0) is 18.9 Å². The van der Waals surface area contributed by atoms with E-state index in [4.69, 9.17) is 4.74 Å². The van der Waals surface area contributed by atoms with Crippen molar-refractivity contribution in [3.8, 4) is 0 Å². The van der Waals surface area contributed by atoms with E-state index in [1.54, 1.807) is 22.3 Å². The molecule has 2 heterocycles. The lowest BCUT2D eigenvalue weighted by molar-refractivity contribution is -0.146. The van der Waals surface area contributed by atoms with E-state index >= 15 is 0 Å². The molecule has 0 bridgehead atoms. The molecule has 108 valence electrons. The average molecular weight is 294 g/mol. The second-order valence-corrected chi connectivity index (χ2v) is 6.04. The Labute approximate surface area is 122 Å². The molecule has 6 heteroatoms. The zero-order valence-electron chi connectivity index (χ0n) is 11.8. The van der Waals surface area contributed by atoms with Crippen LogP contribution in [0, 0.1) is 18.8 Å². The molecule has 1 amide bonds. The lowest BCUT2D eigenvalue weighted by Gasteiger charge is -2.13. The van der Waals surface area contributed by atoms with E-state index in [0.29, 0.717) is 13.1 Å². The van der Waals surface area contributed by atoms with Gasteiger partial charge in [0.05, 0.1) is 23.7 Å². The highest BCUT2D eigenvalue weighted by Crippen LogP contribution is 2.24. The van der Waals surface area contributed by atoms with Gasteiger partial charge in [-0.3, -0.25) is 9.59 Å². The van der Waals surface area contributed by atoms with E-state index in [9.17, 15) is 9.59 Å². The third-order valence-corrected chi connectivity index (χ3v) is 4.25. The minimum atomic E-state index is -0.244. The predicted octanol–water partition coefficient (Wildman–Crippen LogP) is 1.73. The lowest BCUT2D eigenvalue weighted by Crippen LogP contribution is -2.28. The van der Waals surface area contributed by atoms with Crippen molar-refractivity contribution in [3.63, 3.8) is 0 Å². The predicted molar refractivity (Wildman–Crippen MR) is 77.1 cm³/mol. The third kappa shape index (κ3) is 3.25. The quantitative estimate of drug-likeness (QED) is 0.629. The molecule has 1 saturated heterocycles. The van der Waals surface area contributed by atoms with Crippen molar-refractivity contribution in [1.82, 2.24) is 9.88 Å². The molecular formula is C14H18N2O3S. The van der Waals surface area contributed by atoms with E-state index in [1.165, 1.54) is 13.2 Å². The summed E-state index contributed by atoms with van der Waals surface area (Å²) in [5.74, 6) is -0.430. The Morgan fingerprint density at radius 3 is 2.85 bits per heavy atom. The van der Waals surface area contributed by atoms with Crippen LogP contribution in [0.5, 0.6) is 0 Å². The van der Waals surface area contributed by atoms with Crippen LogP contribution >= 0.6 is 11.3 Å². The fourth-order valence-electron chi connectivity index (χ4n) is 2.32. The molecule has 0 aromatic carbocycles. The molecule has 0 radical (unpaired) electrons. The van der Waals surface area contributed by atoms with Gasteiger partial charge in [0, 0.05) is 24.5 Å². The van der Waals surface area contributed by atoms with E-state index in [2.05, 4.69) is 4.98 Å². The summed E-state index contributed by atoms with van der Waals surface area (Å²) in [5.41, 5.74) is 0.789. The van der Waals surface area contributed by atoms with Crippen LogP contribution in [0.25, 0.3) is 6.08 Å². The van der Waals surface area contributed by atoms with Gasteiger partial charge in [0.25, 0.3) is 0 Å². The van der Waals surface area contributed by atoms with E-state index in [-0.39, 0.29) is 23.7 Å². The Morgan fingerprint density at radius 1 is 1.50 bits per heavy atom. The first-order valence-corrected chi connectivity index (χ1v) is 7.36. The van der Waals surface area contributed by atoms with Gasteiger partial charge in [-0.25, -0.2) is 4.98 Å². The summed E-state index contributed by atoms with van der Waals surface area (Å²) in [6.45, 7) is 4.89. The number of nitrogens with zero attached hydrogens (tertiary/aromatic N) is 2. The minimum absolute atomic E-state index is 0.0890. The number of ether oxygens (including phenoxy) is 1. The van der Waals surface area contributed by atoms with Crippen LogP contribution in [-0.4, -0.2) is 42.0 Å². The normalized spacial score (nSPS) is 22.4. The van der Waals surface area contributed by atoms with Crippen molar-refractivity contribution in [2.75, 3.05) is 20.2 Å². The summed E-state index contributed by atoms with van der Waals surface area (Å²) < 4.78 is 4.76. The largest absolute Gasteiger partial charge is 0.469 e. The fourth-order valence-corrected chi connectivity index (χ4v) is 2.90. The maximum atomic E-state index is 12.1. The number of rotatable bonds is 3. The van der Waals surface area contributed by atoms with Gasteiger partial charge in [0.1, 0.15) is 0 Å². The highest BCUT2D eigenvalue weighted by molar-refractivity contribution is 7.09. The number of aromatic nitrogens is 1. The van der Waals surface area contributed by atoms with E-state index in [1.807, 2.05) is 19.2 Å². The molecular weight excluding hydrogens is 276 g/mol. The van der Waals surface area contributed by atoms with Crippen molar-refractivity contribution < 1.29 is 14.3 Å². The first kappa shape index (κ1) is 14.7. The number of hydrogen-bond donors (Lipinski definition) is 0. The van der Waals surface area contributed by atoms with Gasteiger partial charge in [-0.1, -0.05) is 6.92 Å². The Bertz CT molecular complexity index is 538. The second-order valence-electron chi connectivity index (χ2n) is 4.97. The number of amides is 1. The summed E-state index contributed by atoms with van der Waals surface area (Å²) in [5, 5.41) is 2.88. The van der Waals surface area contributed by atoms with E-state index < -0.39 is 0 Å². The smallest absolute Gasteiger partial charge is 0.310 e. The standard InChI is InChI=1S/C14H18N2O3S/c1-9-6-16(7-12(9)14(18)19-3)13(17)5-4-11-8-20-10(2)15-11/h4-5,8-9,12H,6-7H2,1-3H3/b5-4+. The molecule has 0 spiro atoms. The number of hydrogen-bond acceptors (Lipinski definition) is 5. The topological polar surface area (TPSA) is 59.5 Å². The zero-order valence-corrected chi connectivity index (χ0v) is 12.6. The first-order chi connectivity index (χ1) is 9.51. The molecule has 5 nitrogen and oxygen atoms in total. The molecule has 1 aromatic heterocycles. The third-order valence-electron chi connectivity index (χ3n) is 3.46. The summed E-state index contributed by atoms with van der Waals surface area (Å²) in [6, 6.07) is 0. The Hall–Kier alpha value is -1.69. The number of carbonyl (C=O) groups is 2. The first-order valence-electron chi connectivity index (χ1n) is 6.48. The minimum Gasteiger partial charge on any atom is -0.469 e. The van der Waals surface area contributed by atoms with Crippen molar-refractivity contribution in [3.05, 3.63) is 22.2 Å². The van der Waals surface area contributed by atoms with Crippen molar-refractivity contribution >= 4 is 29.3 Å². The highest BCUT2D eigenvalue weighted by atomic mass is 32.1. The van der Waals surface area contributed by atoms with Crippen LogP contribution in [0.4, 0.5) is 0 Å². The number of esters is 1. The number of likely N-dealkylation sites (tertiary alicyclic amines) is 1. The van der Waals surface area contributed by atoms with Crippen LogP contribution in [0.1, 0.15) is 17.6 Å². The SMILES string of the molecule is COC(=O)C1CN(C(=O)/C=C/c2csc(C)n2)CC1C. The zero-order chi connectivity index (χ0) is 14.7. The van der Waals surface area contributed by atoms with Crippen LogP contribution in [0.3, 0.4) is 0 Å². The maximum absolute atomic E-state index is 12.1. The van der Waals surface area contributed by atoms with Crippen LogP contribution < -0.4 is 0 Å². The molecule has 2 rings (SSSR count). The molecule has 1 aliphatic rings. The number of aryl methyl sites for hydroxylation is 1. The van der Waals surface area contributed by atoms with Gasteiger partial charge in [0.15, 0.2) is 0 Å². The molecule has 1 aliphatic heterocycles. The number of methoxy groups -OCH3 is 1. The Kier molecular flexibility index (Phi) is 4.54. The molecule has 0 N–H and O–H groups in total. The Balaban J connectivity index is 1.97. The molecule has 20 heavy (non-hydrogen) atoms. The highest BCUT2D eigenvalue weighted by Gasteiger charge is 2.36. The summed E-state index contributed by atoms with van der Waals surface area (Å²) in [4.78, 5) is 29.6. The van der Waals surface area contributed by atoms with Gasteiger partial charge in [0.2, 0.25) is 5.91 Å². The molecule has 0 aliphatic carbocycles. The van der Waals surface area contributed by atoms with Crippen molar-refractivity contribution in [2.45, 2.75) is 13.8 Å². The summed E-state index contributed by atoms with van der Waals surface area (Å²) in [7, 11) is 1.38. The van der Waals surface area contributed by atoms with Crippen LogP contribution in [0.2, 0.25) is 0 Å². The fraction of sp³-hybridized carbons (Fsp3) is 0.500. The summed E-state index contributed by atoms with van der Waals surface area (Å²) >= 11 is 1.55. The van der Waals surface area contributed by atoms with Gasteiger partial charge < -0.3 is 9.64 Å². The van der Waals surface area contributed by atoms with Crippen molar-refractivity contribution in [2.24, 2.45) is 11.8 Å². The number of carbonyl (C=O) groups excluding carboxylic acids is 2. The van der Waals surface area contributed by atoms with Gasteiger partial charge >= 0.3 is 5.97 Å². The van der Waals surface area contributed by atoms with Crippen molar-refractivity contribution in [1.29, 1.82) is 0 Å². The van der Waals surface area contributed by atoms with Gasteiger partial charge in [-0.15, -0.1) is 11.3 Å². The molecule has 1 fully saturated rings. The average Bonchev–Trinajstić information content (AvgIpc) is 3.01. The monoisotopic (exact) mass is 294 g/mol. The summed E-state index contributed by atoms with van der Waals surface area (Å²) in [6.07, 6.45) is 3.23. The van der Waals surface area contributed by atoms with Crippen LogP contribution in [0.15, 0.2) is 11.5 Å². The molecule has 2 unspecified atom stereocenters. The second kappa shape index (κ2) is 6.17. The number of thiazole rings is 1. The lowest BCUT2D eigenvalue weighted by atomic mass is 9.99. The van der Waals surface area contributed by atoms with Crippen LogP contribution in [-0.2, 0) is 14.3 Å². The Morgan fingerprint density at radius 2 is 2.25 bits per heavy atom. The maximum Gasteiger partial charge on any atom is 0.310 e. The van der Waals surface area contributed by atoms with E-state index in [0.717, 1.165) is 10.7 Å².